The molecule has 2 heterocycles. The van der Waals surface area contributed by atoms with Gasteiger partial charge in [0.1, 0.15) is 11.4 Å². The molecule has 2 aromatic carbocycles. The van der Waals surface area contributed by atoms with Crippen molar-refractivity contribution in [3.8, 4) is 0 Å². The van der Waals surface area contributed by atoms with E-state index in [1.807, 2.05) is 55.6 Å². The highest BCUT2D eigenvalue weighted by atomic mass is 16.2. The molecule has 0 radical (unpaired) electrons. The number of para-hydroxylation sites is 2. The topological polar surface area (TPSA) is 59.0 Å². The Kier molecular flexibility index (Phi) is 4.47. The quantitative estimate of drug-likeness (QED) is 0.745. The lowest BCUT2D eigenvalue weighted by molar-refractivity contribution is -0.127. The van der Waals surface area contributed by atoms with Gasteiger partial charge in [0, 0.05) is 20.0 Å². The second kappa shape index (κ2) is 6.92. The Morgan fingerprint density at radius 1 is 1.19 bits per heavy atom. The summed E-state index contributed by atoms with van der Waals surface area (Å²) in [6, 6.07) is 18.1. The van der Waals surface area contributed by atoms with Crippen molar-refractivity contribution in [2.45, 2.75) is 24.8 Å². The van der Waals surface area contributed by atoms with Crippen LogP contribution in [-0.4, -0.2) is 28.5 Å². The Balaban J connectivity index is 1.46. The normalized spacial score (nSPS) is 19.7. The first kappa shape index (κ1) is 16.8. The largest absolute Gasteiger partial charge is 0.354 e. The third-order valence-corrected chi connectivity index (χ3v) is 5.32. The summed E-state index contributed by atoms with van der Waals surface area (Å²) in [6.07, 6.45) is 2.55. The highest BCUT2D eigenvalue weighted by molar-refractivity contribution is 5.88. The molecule has 1 unspecified atom stereocenters. The number of aryl methyl sites for hydroxylation is 1. The Bertz CT molecular complexity index is 910. The SMILES string of the molecule is Cn1c(CCNC(=O)C2(c3ccccc3)CCCN2)nc2ccccc21. The van der Waals surface area contributed by atoms with Crippen LogP contribution in [0.5, 0.6) is 0 Å². The van der Waals surface area contributed by atoms with Crippen LogP contribution in [-0.2, 0) is 23.8 Å². The fraction of sp³-hybridized carbons (Fsp3) is 0.333. The molecule has 3 aromatic rings. The average Bonchev–Trinajstić information content (AvgIpc) is 3.29. The molecule has 0 aliphatic carbocycles. The van der Waals surface area contributed by atoms with E-state index in [1.54, 1.807) is 0 Å². The van der Waals surface area contributed by atoms with Gasteiger partial charge in [-0.25, -0.2) is 4.98 Å². The number of carbonyl (C=O) groups excluding carboxylic acids is 1. The summed E-state index contributed by atoms with van der Waals surface area (Å²) in [5, 5.41) is 6.56. The van der Waals surface area contributed by atoms with Crippen LogP contribution in [0.4, 0.5) is 0 Å². The van der Waals surface area contributed by atoms with E-state index < -0.39 is 5.54 Å². The van der Waals surface area contributed by atoms with Crippen molar-refractivity contribution >= 4 is 16.9 Å². The van der Waals surface area contributed by atoms with E-state index in [0.29, 0.717) is 13.0 Å². The molecule has 4 rings (SSSR count). The third-order valence-electron chi connectivity index (χ3n) is 5.32. The minimum atomic E-state index is -0.604. The smallest absolute Gasteiger partial charge is 0.244 e. The summed E-state index contributed by atoms with van der Waals surface area (Å²) in [7, 11) is 2.02. The van der Waals surface area contributed by atoms with Crippen molar-refractivity contribution in [2.75, 3.05) is 13.1 Å². The van der Waals surface area contributed by atoms with Crippen LogP contribution < -0.4 is 10.6 Å². The van der Waals surface area contributed by atoms with E-state index in [-0.39, 0.29) is 5.91 Å². The highest BCUT2D eigenvalue weighted by Gasteiger charge is 2.42. The van der Waals surface area contributed by atoms with Gasteiger partial charge in [0.05, 0.1) is 11.0 Å². The van der Waals surface area contributed by atoms with Gasteiger partial charge < -0.3 is 9.88 Å². The summed E-state index contributed by atoms with van der Waals surface area (Å²) >= 11 is 0. The van der Waals surface area contributed by atoms with Gasteiger partial charge in [-0.15, -0.1) is 0 Å². The summed E-state index contributed by atoms with van der Waals surface area (Å²) in [4.78, 5) is 17.7. The van der Waals surface area contributed by atoms with E-state index in [0.717, 1.165) is 41.8 Å². The van der Waals surface area contributed by atoms with E-state index in [1.165, 1.54) is 0 Å². The molecule has 1 fully saturated rings. The fourth-order valence-electron chi connectivity index (χ4n) is 3.90. The molecule has 1 aliphatic heterocycles. The lowest BCUT2D eigenvalue weighted by Crippen LogP contribution is -2.51. The molecule has 0 saturated carbocycles. The summed E-state index contributed by atoms with van der Waals surface area (Å²) in [5.41, 5.74) is 2.55. The minimum Gasteiger partial charge on any atom is -0.354 e. The number of hydrogen-bond acceptors (Lipinski definition) is 3. The number of carbonyl (C=O) groups is 1. The zero-order chi connectivity index (χ0) is 18.0. The Morgan fingerprint density at radius 2 is 1.96 bits per heavy atom. The average molecular weight is 348 g/mol. The van der Waals surface area contributed by atoms with Gasteiger partial charge in [-0.2, -0.15) is 0 Å². The van der Waals surface area contributed by atoms with E-state index in [4.69, 9.17) is 0 Å². The maximum Gasteiger partial charge on any atom is 0.244 e. The first-order chi connectivity index (χ1) is 12.7. The van der Waals surface area contributed by atoms with Gasteiger partial charge >= 0.3 is 0 Å². The lowest BCUT2D eigenvalue weighted by Gasteiger charge is -2.28. The third kappa shape index (κ3) is 2.88. The number of nitrogens with one attached hydrogen (secondary N) is 2. The molecule has 134 valence electrons. The zero-order valence-corrected chi connectivity index (χ0v) is 15.0. The number of benzene rings is 2. The first-order valence-electron chi connectivity index (χ1n) is 9.20. The number of rotatable bonds is 5. The number of nitrogens with zero attached hydrogens (tertiary/aromatic N) is 2. The molecule has 26 heavy (non-hydrogen) atoms. The molecule has 1 atom stereocenters. The monoisotopic (exact) mass is 348 g/mol. The number of hydrogen-bond donors (Lipinski definition) is 2. The van der Waals surface area contributed by atoms with Crippen LogP contribution in [0.25, 0.3) is 11.0 Å². The Hall–Kier alpha value is -2.66. The maximum absolute atomic E-state index is 13.0. The van der Waals surface area contributed by atoms with Gasteiger partial charge in [0.2, 0.25) is 5.91 Å². The van der Waals surface area contributed by atoms with Crippen LogP contribution in [0, 0.1) is 0 Å². The molecule has 1 amide bonds. The van der Waals surface area contributed by atoms with Crippen LogP contribution in [0.2, 0.25) is 0 Å². The molecular formula is C21H24N4O. The second-order valence-corrected chi connectivity index (χ2v) is 6.88. The van der Waals surface area contributed by atoms with Crippen molar-refractivity contribution in [2.24, 2.45) is 7.05 Å². The van der Waals surface area contributed by atoms with Gasteiger partial charge in [-0.1, -0.05) is 42.5 Å². The minimum absolute atomic E-state index is 0.0555. The van der Waals surface area contributed by atoms with Gasteiger partial charge in [0.15, 0.2) is 0 Å². The molecule has 1 saturated heterocycles. The maximum atomic E-state index is 13.0. The number of amides is 1. The number of fused-ring (bicyclic) bond motifs is 1. The van der Waals surface area contributed by atoms with E-state index in [9.17, 15) is 4.79 Å². The molecule has 5 nitrogen and oxygen atoms in total. The lowest BCUT2D eigenvalue weighted by atomic mass is 9.87. The number of imidazole rings is 1. The van der Waals surface area contributed by atoms with Gasteiger partial charge in [0.25, 0.3) is 0 Å². The highest BCUT2D eigenvalue weighted by Crippen LogP contribution is 2.31. The summed E-state index contributed by atoms with van der Waals surface area (Å²) in [5.74, 6) is 1.04. The molecule has 0 spiro atoms. The van der Waals surface area contributed by atoms with Crippen LogP contribution in [0.15, 0.2) is 54.6 Å². The van der Waals surface area contributed by atoms with Crippen molar-refractivity contribution in [3.63, 3.8) is 0 Å². The van der Waals surface area contributed by atoms with Crippen molar-refractivity contribution < 1.29 is 4.79 Å². The van der Waals surface area contributed by atoms with Crippen molar-refractivity contribution in [1.82, 2.24) is 20.2 Å². The second-order valence-electron chi connectivity index (χ2n) is 6.88. The molecular weight excluding hydrogens is 324 g/mol. The fourth-order valence-corrected chi connectivity index (χ4v) is 3.90. The number of aromatic nitrogens is 2. The van der Waals surface area contributed by atoms with Crippen molar-refractivity contribution in [1.29, 1.82) is 0 Å². The van der Waals surface area contributed by atoms with Gasteiger partial charge in [-0.05, 0) is 37.1 Å². The summed E-state index contributed by atoms with van der Waals surface area (Å²) < 4.78 is 2.10. The molecule has 5 heteroatoms. The molecule has 1 aromatic heterocycles. The van der Waals surface area contributed by atoms with Crippen LogP contribution >= 0.6 is 0 Å². The van der Waals surface area contributed by atoms with Crippen molar-refractivity contribution in [3.05, 3.63) is 66.0 Å². The predicted molar refractivity (Wildman–Crippen MR) is 103 cm³/mol. The van der Waals surface area contributed by atoms with E-state index in [2.05, 4.69) is 26.3 Å². The Labute approximate surface area is 153 Å². The van der Waals surface area contributed by atoms with Crippen LogP contribution in [0.3, 0.4) is 0 Å². The standard InChI is InChI=1S/C21H24N4O/c1-25-18-11-6-5-10-17(18)24-19(25)12-15-22-20(26)21(13-7-14-23-21)16-8-3-2-4-9-16/h2-6,8-11,23H,7,12-15H2,1H3,(H,22,26). The molecule has 0 bridgehead atoms. The predicted octanol–water partition coefficient (Wildman–Crippen LogP) is 2.51. The summed E-state index contributed by atoms with van der Waals surface area (Å²) in [6.45, 7) is 1.44. The molecule has 2 N–H and O–H groups in total. The van der Waals surface area contributed by atoms with E-state index >= 15 is 0 Å². The molecule has 1 aliphatic rings. The van der Waals surface area contributed by atoms with Crippen LogP contribution in [0.1, 0.15) is 24.2 Å². The first-order valence-corrected chi connectivity index (χ1v) is 9.20. The van der Waals surface area contributed by atoms with Gasteiger partial charge in [-0.3, -0.25) is 10.1 Å². The Morgan fingerprint density at radius 3 is 2.69 bits per heavy atom. The zero-order valence-electron chi connectivity index (χ0n) is 15.0.